The maximum absolute atomic E-state index is 12.2. The van der Waals surface area contributed by atoms with Gasteiger partial charge in [0, 0.05) is 20.3 Å². The molecule has 0 unspecified atom stereocenters. The smallest absolute Gasteiger partial charge is 0.304 e. The Bertz CT molecular complexity index is 309. The van der Waals surface area contributed by atoms with Gasteiger partial charge < -0.3 is 5.43 Å². The third-order valence-electron chi connectivity index (χ3n) is 1.43. The first kappa shape index (κ1) is 10.8. The van der Waals surface area contributed by atoms with Crippen molar-refractivity contribution < 1.29 is 13.2 Å². The van der Waals surface area contributed by atoms with Gasteiger partial charge in [-0.25, -0.2) is 9.99 Å². The first-order valence-corrected chi connectivity index (χ1v) is 3.87. The van der Waals surface area contributed by atoms with Crippen molar-refractivity contribution in [2.45, 2.75) is 6.18 Å². The van der Waals surface area contributed by atoms with Crippen LogP contribution in [-0.2, 0) is 6.18 Å². The van der Waals surface area contributed by atoms with Crippen LogP contribution in [0.1, 0.15) is 5.56 Å². The lowest BCUT2D eigenvalue weighted by molar-refractivity contribution is -0.137. The highest BCUT2D eigenvalue weighted by Crippen LogP contribution is 2.29. The molecular weight excluding hydrogens is 195 g/mol. The lowest BCUT2D eigenvalue weighted by Crippen LogP contribution is -2.20. The molecule has 0 bridgehead atoms. The molecule has 1 heterocycles. The van der Waals surface area contributed by atoms with E-state index in [1.54, 1.807) is 14.1 Å². The van der Waals surface area contributed by atoms with E-state index in [1.165, 1.54) is 5.01 Å². The molecule has 6 heteroatoms. The first-order valence-electron chi connectivity index (χ1n) is 3.87. The molecule has 1 rings (SSSR count). The molecule has 0 aliphatic heterocycles. The molecule has 78 valence electrons. The highest BCUT2D eigenvalue weighted by atomic mass is 19.4. The van der Waals surface area contributed by atoms with Crippen LogP contribution in [0.25, 0.3) is 0 Å². The minimum atomic E-state index is -4.33. The van der Waals surface area contributed by atoms with Crippen LogP contribution in [0.2, 0.25) is 0 Å². The maximum Gasteiger partial charge on any atom is 0.416 e. The number of hydrogen-bond donors (Lipinski definition) is 1. The minimum Gasteiger partial charge on any atom is -0.304 e. The molecule has 1 aromatic heterocycles. The molecule has 0 atom stereocenters. The van der Waals surface area contributed by atoms with Gasteiger partial charge in [-0.05, 0) is 12.1 Å². The van der Waals surface area contributed by atoms with Crippen molar-refractivity contribution in [3.63, 3.8) is 0 Å². The molecule has 0 spiro atoms. The first-order chi connectivity index (χ1) is 6.39. The third kappa shape index (κ3) is 2.88. The van der Waals surface area contributed by atoms with Crippen molar-refractivity contribution >= 4 is 5.82 Å². The molecule has 14 heavy (non-hydrogen) atoms. The van der Waals surface area contributed by atoms with E-state index in [-0.39, 0.29) is 5.82 Å². The van der Waals surface area contributed by atoms with Crippen LogP contribution in [0.3, 0.4) is 0 Å². The lowest BCUT2D eigenvalue weighted by Gasteiger charge is -2.13. The zero-order valence-corrected chi connectivity index (χ0v) is 7.76. The molecule has 0 saturated carbocycles. The van der Waals surface area contributed by atoms with Crippen LogP contribution >= 0.6 is 0 Å². The molecule has 0 aliphatic carbocycles. The third-order valence-corrected chi connectivity index (χ3v) is 1.43. The number of nitrogens with one attached hydrogen (secondary N) is 1. The molecule has 0 amide bonds. The highest BCUT2D eigenvalue weighted by molar-refractivity contribution is 5.37. The van der Waals surface area contributed by atoms with Crippen LogP contribution in [0.4, 0.5) is 19.0 Å². The quantitative estimate of drug-likeness (QED) is 0.748. The predicted octanol–water partition coefficient (Wildman–Crippen LogP) is 1.99. The number of alkyl halides is 3. The van der Waals surface area contributed by atoms with E-state index in [9.17, 15) is 13.2 Å². The predicted molar refractivity (Wildman–Crippen MR) is 46.5 cm³/mol. The number of nitrogens with zero attached hydrogens (tertiary/aromatic N) is 2. The topological polar surface area (TPSA) is 28.2 Å². The zero-order chi connectivity index (χ0) is 10.8. The maximum atomic E-state index is 12.2. The van der Waals surface area contributed by atoms with Gasteiger partial charge >= 0.3 is 6.18 Å². The van der Waals surface area contributed by atoms with Gasteiger partial charge in [-0.2, -0.15) is 13.2 Å². The second-order valence-corrected chi connectivity index (χ2v) is 2.93. The van der Waals surface area contributed by atoms with E-state index in [2.05, 4.69) is 10.4 Å². The van der Waals surface area contributed by atoms with Crippen molar-refractivity contribution in [2.24, 2.45) is 0 Å². The Labute approximate surface area is 79.5 Å². The standard InChI is InChI=1S/C8H10F3N3/c1-14(2)13-7-5-6(3-4-12-7)8(9,10)11/h3-5H,1-2H3,(H,12,13). The average molecular weight is 205 g/mol. The second kappa shape index (κ2) is 3.83. The number of aromatic nitrogens is 1. The van der Waals surface area contributed by atoms with Crippen LogP contribution in [-0.4, -0.2) is 24.1 Å². The zero-order valence-electron chi connectivity index (χ0n) is 7.76. The van der Waals surface area contributed by atoms with Crippen molar-refractivity contribution in [1.82, 2.24) is 9.99 Å². The molecule has 1 aromatic rings. The highest BCUT2D eigenvalue weighted by Gasteiger charge is 2.30. The summed E-state index contributed by atoms with van der Waals surface area (Å²) in [6.45, 7) is 0. The second-order valence-electron chi connectivity index (χ2n) is 2.93. The summed E-state index contributed by atoms with van der Waals surface area (Å²) < 4.78 is 36.7. The summed E-state index contributed by atoms with van der Waals surface area (Å²) >= 11 is 0. The Morgan fingerprint density at radius 1 is 1.36 bits per heavy atom. The van der Waals surface area contributed by atoms with E-state index < -0.39 is 11.7 Å². The average Bonchev–Trinajstić information content (AvgIpc) is 2.01. The summed E-state index contributed by atoms with van der Waals surface area (Å²) in [4.78, 5) is 3.74. The number of rotatable bonds is 2. The Morgan fingerprint density at radius 3 is 2.50 bits per heavy atom. The lowest BCUT2D eigenvalue weighted by atomic mass is 10.2. The SMILES string of the molecule is CN(C)Nc1cc(C(F)(F)F)ccn1. The van der Waals surface area contributed by atoms with Crippen LogP contribution < -0.4 is 5.43 Å². The number of pyridine rings is 1. The summed E-state index contributed by atoms with van der Waals surface area (Å²) in [5, 5.41) is 1.52. The molecule has 0 saturated heterocycles. The van der Waals surface area contributed by atoms with Crippen LogP contribution in [0, 0.1) is 0 Å². The Hall–Kier alpha value is -1.30. The van der Waals surface area contributed by atoms with Crippen molar-refractivity contribution in [3.05, 3.63) is 23.9 Å². The van der Waals surface area contributed by atoms with Gasteiger partial charge in [-0.3, -0.25) is 0 Å². The molecule has 0 aliphatic rings. The van der Waals surface area contributed by atoms with Gasteiger partial charge in [0.1, 0.15) is 5.82 Å². The molecule has 0 fully saturated rings. The molecule has 0 aromatic carbocycles. The summed E-state index contributed by atoms with van der Waals surface area (Å²) in [5.41, 5.74) is 1.93. The van der Waals surface area contributed by atoms with Gasteiger partial charge in [-0.1, -0.05) is 0 Å². The summed E-state index contributed by atoms with van der Waals surface area (Å²) in [5.74, 6) is 0.171. The van der Waals surface area contributed by atoms with E-state index in [1.807, 2.05) is 0 Å². The summed E-state index contributed by atoms with van der Waals surface area (Å²) in [6, 6.07) is 1.89. The largest absolute Gasteiger partial charge is 0.416 e. The summed E-state index contributed by atoms with van der Waals surface area (Å²) in [7, 11) is 3.34. The number of anilines is 1. The van der Waals surface area contributed by atoms with Gasteiger partial charge in [0.25, 0.3) is 0 Å². The van der Waals surface area contributed by atoms with E-state index in [0.717, 1.165) is 18.3 Å². The Kier molecular flexibility index (Phi) is 2.95. The van der Waals surface area contributed by atoms with E-state index in [4.69, 9.17) is 0 Å². The minimum absolute atomic E-state index is 0.171. The Balaban J connectivity index is 2.90. The van der Waals surface area contributed by atoms with E-state index in [0.29, 0.717) is 0 Å². The molecule has 3 nitrogen and oxygen atoms in total. The van der Waals surface area contributed by atoms with Crippen molar-refractivity contribution in [1.29, 1.82) is 0 Å². The normalized spacial score (nSPS) is 11.9. The molecule has 0 radical (unpaired) electrons. The van der Waals surface area contributed by atoms with Gasteiger partial charge in [-0.15, -0.1) is 0 Å². The fraction of sp³-hybridized carbons (Fsp3) is 0.375. The molecular formula is C8H10F3N3. The van der Waals surface area contributed by atoms with Crippen molar-refractivity contribution in [2.75, 3.05) is 19.5 Å². The monoisotopic (exact) mass is 205 g/mol. The Morgan fingerprint density at radius 2 is 2.00 bits per heavy atom. The number of hydrazine groups is 1. The van der Waals surface area contributed by atoms with Crippen molar-refractivity contribution in [3.8, 4) is 0 Å². The fourth-order valence-electron chi connectivity index (χ4n) is 0.897. The summed E-state index contributed by atoms with van der Waals surface area (Å²) in [6.07, 6.45) is -3.21. The number of halogens is 3. The van der Waals surface area contributed by atoms with Crippen LogP contribution in [0.5, 0.6) is 0 Å². The van der Waals surface area contributed by atoms with Gasteiger partial charge in [0.15, 0.2) is 0 Å². The van der Waals surface area contributed by atoms with Gasteiger partial charge in [0.05, 0.1) is 5.56 Å². The fourth-order valence-corrected chi connectivity index (χ4v) is 0.897. The van der Waals surface area contributed by atoms with Crippen LogP contribution in [0.15, 0.2) is 18.3 Å². The van der Waals surface area contributed by atoms with Gasteiger partial charge in [0.2, 0.25) is 0 Å². The van der Waals surface area contributed by atoms with E-state index >= 15 is 0 Å². The number of hydrogen-bond acceptors (Lipinski definition) is 3. The molecule has 1 N–H and O–H groups in total.